The Morgan fingerprint density at radius 2 is 2.19 bits per heavy atom. The molecule has 0 bridgehead atoms. The summed E-state index contributed by atoms with van der Waals surface area (Å²) in [7, 11) is 0. The Bertz CT molecular complexity index is 514. The molecule has 1 nitrogen and oxygen atoms in total. The molecule has 84 valence electrons. The Hall–Kier alpha value is -0.760. The molecule has 0 aliphatic heterocycles. The number of hydrogen-bond acceptors (Lipinski definition) is 0. The van der Waals surface area contributed by atoms with Crippen molar-refractivity contribution in [1.29, 1.82) is 0 Å². The van der Waals surface area contributed by atoms with Crippen LogP contribution in [0.4, 0.5) is 0 Å². The second-order valence-electron chi connectivity index (χ2n) is 4.92. The molecule has 1 fully saturated rings. The quantitative estimate of drug-likeness (QED) is 0.768. The van der Waals surface area contributed by atoms with E-state index in [1.165, 1.54) is 40.2 Å². The van der Waals surface area contributed by atoms with Crippen LogP contribution < -0.4 is 0 Å². The van der Waals surface area contributed by atoms with Crippen LogP contribution in [0.5, 0.6) is 0 Å². The number of halogens is 1. The monoisotopic (exact) mass is 277 g/mol. The summed E-state index contributed by atoms with van der Waals surface area (Å²) < 4.78 is 1.17. The van der Waals surface area contributed by atoms with E-state index in [0.717, 1.165) is 11.8 Å². The molecule has 1 aliphatic carbocycles. The first-order valence-electron chi connectivity index (χ1n) is 6.03. The first kappa shape index (κ1) is 10.4. The Balaban J connectivity index is 2.14. The highest BCUT2D eigenvalue weighted by Crippen LogP contribution is 2.42. The van der Waals surface area contributed by atoms with E-state index in [1.54, 1.807) is 0 Å². The third kappa shape index (κ3) is 1.51. The first-order valence-corrected chi connectivity index (χ1v) is 6.82. The van der Waals surface area contributed by atoms with Crippen molar-refractivity contribution >= 4 is 26.8 Å². The van der Waals surface area contributed by atoms with Crippen molar-refractivity contribution in [3.63, 3.8) is 0 Å². The minimum Gasteiger partial charge on any atom is -0.360 e. The van der Waals surface area contributed by atoms with Crippen molar-refractivity contribution in [1.82, 2.24) is 4.98 Å². The summed E-state index contributed by atoms with van der Waals surface area (Å²) in [6, 6.07) is 6.46. The molecule has 0 amide bonds. The zero-order chi connectivity index (χ0) is 11.1. The number of hydrogen-bond donors (Lipinski definition) is 1. The smallest absolute Gasteiger partial charge is 0.0601 e. The summed E-state index contributed by atoms with van der Waals surface area (Å²) in [5.74, 6) is 1.58. The van der Waals surface area contributed by atoms with Gasteiger partial charge >= 0.3 is 0 Å². The maximum Gasteiger partial charge on any atom is 0.0601 e. The first-order chi connectivity index (χ1) is 7.77. The third-order valence-electron chi connectivity index (χ3n) is 3.96. The van der Waals surface area contributed by atoms with E-state index in [2.05, 4.69) is 52.2 Å². The number of H-pyrrole nitrogens is 1. The van der Waals surface area contributed by atoms with Crippen LogP contribution in [0.1, 0.15) is 37.7 Å². The molecular formula is C14H16BrN. The molecule has 2 atom stereocenters. The number of fused-ring (bicyclic) bond motifs is 1. The number of rotatable bonds is 1. The molecule has 1 N–H and O–H groups in total. The van der Waals surface area contributed by atoms with Crippen LogP contribution in [-0.2, 0) is 0 Å². The molecule has 2 unspecified atom stereocenters. The number of aromatic nitrogens is 1. The van der Waals surface area contributed by atoms with Crippen LogP contribution in [0.25, 0.3) is 10.9 Å². The van der Waals surface area contributed by atoms with Gasteiger partial charge in [-0.2, -0.15) is 0 Å². The van der Waals surface area contributed by atoms with Gasteiger partial charge in [-0.05, 0) is 45.8 Å². The summed E-state index contributed by atoms with van der Waals surface area (Å²) in [6.45, 7) is 2.38. The summed E-state index contributed by atoms with van der Waals surface area (Å²) in [4.78, 5) is 3.41. The lowest BCUT2D eigenvalue weighted by atomic mass is 9.90. The fraction of sp³-hybridized carbons (Fsp3) is 0.429. The predicted molar refractivity (Wildman–Crippen MR) is 71.8 cm³/mol. The molecule has 0 saturated heterocycles. The number of benzene rings is 1. The molecule has 1 aliphatic rings. The van der Waals surface area contributed by atoms with Gasteiger partial charge in [0.05, 0.1) is 5.52 Å². The third-order valence-corrected chi connectivity index (χ3v) is 4.62. The second-order valence-corrected chi connectivity index (χ2v) is 5.78. The molecule has 1 heterocycles. The van der Waals surface area contributed by atoms with Gasteiger partial charge in [0.25, 0.3) is 0 Å². The Morgan fingerprint density at radius 3 is 2.94 bits per heavy atom. The Morgan fingerprint density at radius 1 is 1.31 bits per heavy atom. The van der Waals surface area contributed by atoms with Crippen LogP contribution in [0.2, 0.25) is 0 Å². The van der Waals surface area contributed by atoms with Gasteiger partial charge in [0, 0.05) is 16.1 Å². The second kappa shape index (κ2) is 3.92. The summed E-state index contributed by atoms with van der Waals surface area (Å²) in [5, 5.41) is 1.40. The van der Waals surface area contributed by atoms with Crippen molar-refractivity contribution < 1.29 is 0 Å². The van der Waals surface area contributed by atoms with Gasteiger partial charge in [-0.25, -0.2) is 0 Å². The van der Waals surface area contributed by atoms with E-state index in [1.807, 2.05) is 0 Å². The van der Waals surface area contributed by atoms with E-state index in [-0.39, 0.29) is 0 Å². The normalized spacial score (nSPS) is 25.4. The zero-order valence-corrected chi connectivity index (χ0v) is 11.0. The van der Waals surface area contributed by atoms with E-state index < -0.39 is 0 Å². The molecular weight excluding hydrogens is 262 g/mol. The van der Waals surface area contributed by atoms with E-state index in [0.29, 0.717) is 0 Å². The van der Waals surface area contributed by atoms with Crippen molar-refractivity contribution in [3.8, 4) is 0 Å². The van der Waals surface area contributed by atoms with Gasteiger partial charge in [-0.3, -0.25) is 0 Å². The van der Waals surface area contributed by atoms with Crippen LogP contribution in [0.15, 0.2) is 28.9 Å². The largest absolute Gasteiger partial charge is 0.360 e. The lowest BCUT2D eigenvalue weighted by Crippen LogP contribution is -2.00. The number of nitrogens with one attached hydrogen (secondary N) is 1. The van der Waals surface area contributed by atoms with E-state index >= 15 is 0 Å². The predicted octanol–water partition coefficient (Wildman–Crippen LogP) is 4.83. The molecule has 0 radical (unpaired) electrons. The minimum atomic E-state index is 0.753. The topological polar surface area (TPSA) is 15.8 Å². The van der Waals surface area contributed by atoms with E-state index in [9.17, 15) is 0 Å². The van der Waals surface area contributed by atoms with Crippen LogP contribution >= 0.6 is 15.9 Å². The van der Waals surface area contributed by atoms with Crippen molar-refractivity contribution in [2.24, 2.45) is 5.92 Å². The fourth-order valence-electron chi connectivity index (χ4n) is 3.05. The molecule has 2 aromatic rings. The molecule has 0 spiro atoms. The maximum absolute atomic E-state index is 3.60. The standard InChI is InChI=1S/C14H16BrN/c1-9-4-2-5-10(9)12-8-16-14-11(12)6-3-7-13(14)15/h3,6-10,16H,2,4-5H2,1H3. The Labute approximate surface area is 104 Å². The molecule has 16 heavy (non-hydrogen) atoms. The van der Waals surface area contributed by atoms with Gasteiger partial charge in [-0.1, -0.05) is 31.9 Å². The molecule has 1 saturated carbocycles. The lowest BCUT2D eigenvalue weighted by molar-refractivity contribution is 0.536. The fourth-order valence-corrected chi connectivity index (χ4v) is 3.53. The van der Waals surface area contributed by atoms with Crippen molar-refractivity contribution in [3.05, 3.63) is 34.4 Å². The molecule has 2 heteroatoms. The van der Waals surface area contributed by atoms with Gasteiger partial charge in [0.1, 0.15) is 0 Å². The molecule has 3 rings (SSSR count). The lowest BCUT2D eigenvalue weighted by Gasteiger charge is -2.14. The van der Waals surface area contributed by atoms with Crippen LogP contribution in [0, 0.1) is 5.92 Å². The highest BCUT2D eigenvalue weighted by atomic mass is 79.9. The zero-order valence-electron chi connectivity index (χ0n) is 9.46. The Kier molecular flexibility index (Phi) is 2.55. The van der Waals surface area contributed by atoms with Gasteiger partial charge in [0.15, 0.2) is 0 Å². The summed E-state index contributed by atoms with van der Waals surface area (Å²) in [5.41, 5.74) is 2.76. The highest BCUT2D eigenvalue weighted by molar-refractivity contribution is 9.10. The average molecular weight is 278 g/mol. The van der Waals surface area contributed by atoms with Crippen molar-refractivity contribution in [2.75, 3.05) is 0 Å². The SMILES string of the molecule is CC1CCCC1c1c[nH]c2c(Br)cccc12. The summed E-state index contributed by atoms with van der Waals surface area (Å²) >= 11 is 3.60. The summed E-state index contributed by atoms with van der Waals surface area (Å²) in [6.07, 6.45) is 6.32. The maximum atomic E-state index is 3.60. The minimum absolute atomic E-state index is 0.753. The number of aromatic amines is 1. The number of para-hydroxylation sites is 1. The van der Waals surface area contributed by atoms with E-state index in [4.69, 9.17) is 0 Å². The average Bonchev–Trinajstić information content (AvgIpc) is 2.84. The molecule has 1 aromatic carbocycles. The highest BCUT2D eigenvalue weighted by Gasteiger charge is 2.26. The van der Waals surface area contributed by atoms with Gasteiger partial charge in [-0.15, -0.1) is 0 Å². The van der Waals surface area contributed by atoms with Crippen LogP contribution in [0.3, 0.4) is 0 Å². The van der Waals surface area contributed by atoms with Gasteiger partial charge < -0.3 is 4.98 Å². The van der Waals surface area contributed by atoms with Gasteiger partial charge in [0.2, 0.25) is 0 Å². The van der Waals surface area contributed by atoms with Crippen LogP contribution in [-0.4, -0.2) is 4.98 Å². The molecule has 1 aromatic heterocycles. The van der Waals surface area contributed by atoms with Crippen molar-refractivity contribution in [2.45, 2.75) is 32.1 Å².